The van der Waals surface area contributed by atoms with Crippen molar-refractivity contribution in [2.75, 3.05) is 0 Å². The third-order valence-electron chi connectivity index (χ3n) is 2.98. The van der Waals surface area contributed by atoms with Crippen molar-refractivity contribution in [3.63, 3.8) is 0 Å². The largest absolute Gasteiger partial charge is 0.547 e. The second-order valence-electron chi connectivity index (χ2n) is 4.32. The van der Waals surface area contributed by atoms with Crippen LogP contribution in [0.1, 0.15) is 18.2 Å². The van der Waals surface area contributed by atoms with Crippen molar-refractivity contribution >= 4 is 5.97 Å². The van der Waals surface area contributed by atoms with Gasteiger partial charge in [0.25, 0.3) is 5.56 Å². The van der Waals surface area contributed by atoms with Crippen LogP contribution in [-0.2, 0) is 9.53 Å². The molecule has 1 saturated heterocycles. The number of aromatic amines is 1. The van der Waals surface area contributed by atoms with Crippen LogP contribution in [0.25, 0.3) is 10.4 Å². The first kappa shape index (κ1) is 13.8. The molecule has 2 rings (SSSR count). The van der Waals surface area contributed by atoms with E-state index >= 15 is 0 Å². The van der Waals surface area contributed by atoms with E-state index in [0.29, 0.717) is 0 Å². The maximum Gasteiger partial charge on any atom is 0.330 e. The molecular formula is C10H10N5O5-. The van der Waals surface area contributed by atoms with Gasteiger partial charge in [-0.1, -0.05) is 5.11 Å². The molecule has 0 amide bonds. The van der Waals surface area contributed by atoms with Gasteiger partial charge in [0, 0.05) is 23.1 Å². The normalized spacial score (nSPS) is 25.1. The van der Waals surface area contributed by atoms with E-state index in [1.165, 1.54) is 13.1 Å². The Labute approximate surface area is 111 Å². The molecule has 3 atom stereocenters. The first-order chi connectivity index (χ1) is 9.43. The first-order valence-electron chi connectivity index (χ1n) is 5.66. The van der Waals surface area contributed by atoms with E-state index in [2.05, 4.69) is 15.0 Å². The number of azide groups is 1. The molecule has 0 aromatic carbocycles. The first-order valence-corrected chi connectivity index (χ1v) is 5.66. The van der Waals surface area contributed by atoms with Gasteiger partial charge in [-0.05, 0) is 12.5 Å². The summed E-state index contributed by atoms with van der Waals surface area (Å²) in [6.45, 7) is 1.49. The molecule has 0 aliphatic carbocycles. The van der Waals surface area contributed by atoms with Gasteiger partial charge in [0.05, 0.1) is 12.0 Å². The number of carboxylic acid groups (broad SMARTS) is 1. The van der Waals surface area contributed by atoms with E-state index in [0.717, 1.165) is 4.57 Å². The van der Waals surface area contributed by atoms with Crippen molar-refractivity contribution in [2.24, 2.45) is 5.11 Å². The molecule has 1 aromatic rings. The predicted molar refractivity (Wildman–Crippen MR) is 62.5 cm³/mol. The van der Waals surface area contributed by atoms with Crippen LogP contribution in [0.5, 0.6) is 0 Å². The molecule has 1 aliphatic heterocycles. The van der Waals surface area contributed by atoms with Gasteiger partial charge in [0.2, 0.25) is 0 Å². The quantitative estimate of drug-likeness (QED) is 0.408. The summed E-state index contributed by atoms with van der Waals surface area (Å²) in [4.78, 5) is 38.5. The van der Waals surface area contributed by atoms with Crippen LogP contribution in [0.15, 0.2) is 20.9 Å². The van der Waals surface area contributed by atoms with Crippen molar-refractivity contribution in [3.8, 4) is 0 Å². The molecule has 3 unspecified atom stereocenters. The number of hydrogen-bond donors (Lipinski definition) is 1. The standard InChI is InChI=1S/C10H11N5O5/c1-4-3-15(10(19)12-8(4)16)6-2-5(13-14-11)7(20-6)9(17)18/h3,5-7H,2H2,1H3,(H,17,18)(H,12,16,19)/p-1. The maximum absolute atomic E-state index is 11.7. The maximum atomic E-state index is 11.7. The van der Waals surface area contributed by atoms with E-state index in [4.69, 9.17) is 10.3 Å². The van der Waals surface area contributed by atoms with Gasteiger partial charge in [-0.3, -0.25) is 14.3 Å². The molecule has 2 heterocycles. The van der Waals surface area contributed by atoms with Crippen molar-refractivity contribution in [1.82, 2.24) is 9.55 Å². The summed E-state index contributed by atoms with van der Waals surface area (Å²) in [7, 11) is 0. The second-order valence-corrected chi connectivity index (χ2v) is 4.32. The Bertz CT molecular complexity index is 691. The van der Waals surface area contributed by atoms with Crippen LogP contribution < -0.4 is 16.4 Å². The lowest BCUT2D eigenvalue weighted by Gasteiger charge is -2.17. The average molecular weight is 280 g/mol. The molecule has 1 N–H and O–H groups in total. The number of carbonyl (C=O) groups excluding carboxylic acids is 1. The Morgan fingerprint density at radius 2 is 2.35 bits per heavy atom. The highest BCUT2D eigenvalue weighted by atomic mass is 16.5. The zero-order chi connectivity index (χ0) is 14.9. The molecule has 20 heavy (non-hydrogen) atoms. The van der Waals surface area contributed by atoms with Crippen LogP contribution in [0.4, 0.5) is 0 Å². The molecule has 10 heteroatoms. The van der Waals surface area contributed by atoms with Gasteiger partial charge in [0.1, 0.15) is 12.3 Å². The molecule has 0 radical (unpaired) electrons. The predicted octanol–water partition coefficient (Wildman–Crippen LogP) is -1.44. The van der Waals surface area contributed by atoms with Crippen LogP contribution in [0.3, 0.4) is 0 Å². The highest BCUT2D eigenvalue weighted by molar-refractivity contribution is 5.71. The lowest BCUT2D eigenvalue weighted by atomic mass is 10.1. The highest BCUT2D eigenvalue weighted by Gasteiger charge is 2.37. The fraction of sp³-hybridized carbons (Fsp3) is 0.500. The molecule has 0 saturated carbocycles. The van der Waals surface area contributed by atoms with E-state index in [-0.39, 0.29) is 12.0 Å². The van der Waals surface area contributed by atoms with Crippen LogP contribution >= 0.6 is 0 Å². The van der Waals surface area contributed by atoms with Gasteiger partial charge in [0.15, 0.2) is 0 Å². The number of nitrogens with zero attached hydrogens (tertiary/aromatic N) is 4. The van der Waals surface area contributed by atoms with Gasteiger partial charge in [-0.15, -0.1) is 0 Å². The van der Waals surface area contributed by atoms with Crippen LogP contribution in [0.2, 0.25) is 0 Å². The molecule has 0 spiro atoms. The highest BCUT2D eigenvalue weighted by Crippen LogP contribution is 2.29. The number of hydrogen-bond acceptors (Lipinski definition) is 6. The third kappa shape index (κ3) is 2.42. The van der Waals surface area contributed by atoms with E-state index in [1.54, 1.807) is 0 Å². The average Bonchev–Trinajstić information content (AvgIpc) is 2.78. The Morgan fingerprint density at radius 1 is 1.65 bits per heavy atom. The smallest absolute Gasteiger partial charge is 0.330 e. The number of H-pyrrole nitrogens is 1. The monoisotopic (exact) mass is 280 g/mol. The summed E-state index contributed by atoms with van der Waals surface area (Å²) in [5, 5.41) is 14.2. The van der Waals surface area contributed by atoms with Gasteiger partial charge in [-0.25, -0.2) is 4.79 Å². The van der Waals surface area contributed by atoms with E-state index in [9.17, 15) is 19.5 Å². The number of aryl methyl sites for hydroxylation is 1. The molecule has 106 valence electrons. The summed E-state index contributed by atoms with van der Waals surface area (Å²) in [6.07, 6.45) is -1.13. The number of aromatic nitrogens is 2. The Hall–Kier alpha value is -2.58. The number of nitrogens with one attached hydrogen (secondary N) is 1. The molecule has 10 nitrogen and oxygen atoms in total. The van der Waals surface area contributed by atoms with Crippen molar-refractivity contribution in [3.05, 3.63) is 43.0 Å². The topological polar surface area (TPSA) is 153 Å². The lowest BCUT2D eigenvalue weighted by molar-refractivity contribution is -0.317. The number of carboxylic acids is 1. The number of carbonyl (C=O) groups is 1. The molecular weight excluding hydrogens is 270 g/mol. The Balaban J connectivity index is 2.38. The van der Waals surface area contributed by atoms with Crippen molar-refractivity contribution < 1.29 is 14.6 Å². The van der Waals surface area contributed by atoms with Gasteiger partial charge >= 0.3 is 5.69 Å². The summed E-state index contributed by atoms with van der Waals surface area (Å²) in [5.41, 5.74) is 7.39. The van der Waals surface area contributed by atoms with E-state index in [1.807, 2.05) is 0 Å². The minimum Gasteiger partial charge on any atom is -0.547 e. The third-order valence-corrected chi connectivity index (χ3v) is 2.98. The zero-order valence-corrected chi connectivity index (χ0v) is 10.3. The number of aliphatic carboxylic acids is 1. The molecule has 1 aliphatic rings. The summed E-state index contributed by atoms with van der Waals surface area (Å²) in [5.74, 6) is -1.53. The number of ether oxygens (including phenoxy) is 1. The minimum absolute atomic E-state index is 0.00586. The minimum atomic E-state index is -1.53. The van der Waals surface area contributed by atoms with Gasteiger partial charge < -0.3 is 14.6 Å². The molecule has 0 bridgehead atoms. The summed E-state index contributed by atoms with van der Waals surface area (Å²) >= 11 is 0. The lowest BCUT2D eigenvalue weighted by Crippen LogP contribution is -2.41. The van der Waals surface area contributed by atoms with Gasteiger partial charge in [-0.2, -0.15) is 0 Å². The summed E-state index contributed by atoms with van der Waals surface area (Å²) in [6, 6.07) is -0.978. The van der Waals surface area contributed by atoms with E-state index < -0.39 is 35.6 Å². The SMILES string of the molecule is Cc1cn(C2CC(N=[N+]=[N-])C(C(=O)[O-])O2)c(=O)[nH]c1=O. The number of rotatable bonds is 3. The van der Waals surface area contributed by atoms with Crippen LogP contribution in [0, 0.1) is 6.92 Å². The molecule has 1 aromatic heterocycles. The fourth-order valence-corrected chi connectivity index (χ4v) is 2.01. The fourth-order valence-electron chi connectivity index (χ4n) is 2.01. The van der Waals surface area contributed by atoms with Crippen molar-refractivity contribution in [1.29, 1.82) is 0 Å². The molecule has 1 fully saturated rings. The second kappa shape index (κ2) is 5.19. The summed E-state index contributed by atoms with van der Waals surface area (Å²) < 4.78 is 6.22. The Morgan fingerprint density at radius 3 is 2.95 bits per heavy atom. The van der Waals surface area contributed by atoms with Crippen molar-refractivity contribution in [2.45, 2.75) is 31.7 Å². The van der Waals surface area contributed by atoms with Crippen LogP contribution in [-0.4, -0.2) is 27.7 Å². The zero-order valence-electron chi connectivity index (χ0n) is 10.3. The Kier molecular flexibility index (Phi) is 3.59.